The third kappa shape index (κ3) is 4.63. The summed E-state index contributed by atoms with van der Waals surface area (Å²) in [6.07, 6.45) is 1.94. The third-order valence-corrected chi connectivity index (χ3v) is 12.6. The number of nitrogens with zero attached hydrogens (tertiary/aromatic N) is 1. The summed E-state index contributed by atoms with van der Waals surface area (Å²) in [4.78, 5) is 29.9. The maximum absolute atomic E-state index is 14.3. The fourth-order valence-electron chi connectivity index (χ4n) is 10.2. The molecule has 0 aromatic heterocycles. The minimum Gasteiger partial charge on any atom is -0.281 e. The molecule has 0 saturated carbocycles. The summed E-state index contributed by atoms with van der Waals surface area (Å²) < 4.78 is 0. The molecule has 1 aliphatic heterocycles. The largest absolute Gasteiger partial charge is 0.281 e. The predicted octanol–water partition coefficient (Wildman–Crippen LogP) is 11.4. The number of likely N-dealkylation sites (N-methyl/N-ethyl adjacent to an activating group) is 1. The monoisotopic (exact) mass is 707 g/mol. The molecule has 1 heterocycles. The van der Waals surface area contributed by atoms with E-state index in [0.717, 1.165) is 46.3 Å². The summed E-state index contributed by atoms with van der Waals surface area (Å²) in [5.74, 6) is -0.957. The molecule has 55 heavy (non-hydrogen) atoms. The summed E-state index contributed by atoms with van der Waals surface area (Å²) in [5, 5.41) is 7.50. The van der Waals surface area contributed by atoms with Crippen molar-refractivity contribution in [3.8, 4) is 0 Å². The molecule has 3 heteroatoms. The Kier molecular flexibility index (Phi) is 7.09. The van der Waals surface area contributed by atoms with Gasteiger partial charge in [0.05, 0.1) is 5.92 Å². The van der Waals surface area contributed by atoms with Crippen LogP contribution in [0.2, 0.25) is 0 Å². The van der Waals surface area contributed by atoms with Crippen LogP contribution in [0.25, 0.3) is 49.0 Å². The molecule has 0 N–H and O–H groups in total. The maximum Gasteiger partial charge on any atom is 0.257 e. The molecule has 0 spiro atoms. The number of hydrogen-bond acceptors (Lipinski definition) is 2. The van der Waals surface area contributed by atoms with E-state index in [1.54, 1.807) is 7.05 Å². The highest BCUT2D eigenvalue weighted by molar-refractivity contribution is 6.38. The van der Waals surface area contributed by atoms with Crippen molar-refractivity contribution >= 4 is 60.9 Å². The Labute approximate surface area is 320 Å². The number of carbonyl (C=O) groups is 2. The van der Waals surface area contributed by atoms with Crippen molar-refractivity contribution in [1.82, 2.24) is 4.90 Å². The highest BCUT2D eigenvalue weighted by atomic mass is 16.2. The fraction of sp³-hybridized carbons (Fsp3) is 0.115. The lowest BCUT2D eigenvalue weighted by atomic mass is 9.67. The molecular formula is C52H37NO2. The normalized spacial score (nSPS) is 17.7. The SMILES string of the molecule is CN1C(=O)C2=C(c3ccccc3)C3=C(c4cc5ccc(CCC(c6ccccc6)c6ccccc6)c6ccc7ccc3c4c7c56)C(c3ccccc3)C2C1=O. The van der Waals surface area contributed by atoms with Gasteiger partial charge in [-0.15, -0.1) is 0 Å². The first-order chi connectivity index (χ1) is 27.1. The summed E-state index contributed by atoms with van der Waals surface area (Å²) in [6, 6.07) is 58.5. The molecule has 2 aliphatic carbocycles. The van der Waals surface area contributed by atoms with Crippen LogP contribution < -0.4 is 0 Å². The Morgan fingerprint density at radius 1 is 0.545 bits per heavy atom. The molecule has 0 bridgehead atoms. The molecule has 1 saturated heterocycles. The van der Waals surface area contributed by atoms with Crippen molar-refractivity contribution in [3.63, 3.8) is 0 Å². The van der Waals surface area contributed by atoms with Gasteiger partial charge in [-0.05, 0) is 107 Å². The van der Waals surface area contributed by atoms with Crippen LogP contribution in [0.5, 0.6) is 0 Å². The van der Waals surface area contributed by atoms with Gasteiger partial charge >= 0.3 is 0 Å². The first-order valence-electron chi connectivity index (χ1n) is 19.3. The van der Waals surface area contributed by atoms with Gasteiger partial charge in [-0.3, -0.25) is 14.5 Å². The molecule has 262 valence electrons. The smallest absolute Gasteiger partial charge is 0.257 e. The van der Waals surface area contributed by atoms with Gasteiger partial charge in [0.1, 0.15) is 0 Å². The van der Waals surface area contributed by atoms with Crippen molar-refractivity contribution in [3.05, 3.63) is 208 Å². The van der Waals surface area contributed by atoms with Gasteiger partial charge in [0.15, 0.2) is 0 Å². The lowest BCUT2D eigenvalue weighted by molar-refractivity contribution is -0.137. The van der Waals surface area contributed by atoms with Crippen LogP contribution in [0.15, 0.2) is 169 Å². The van der Waals surface area contributed by atoms with Gasteiger partial charge in [-0.25, -0.2) is 0 Å². The van der Waals surface area contributed by atoms with Crippen molar-refractivity contribution in [1.29, 1.82) is 0 Å². The zero-order valence-electron chi connectivity index (χ0n) is 30.5. The molecule has 11 rings (SSSR count). The van der Waals surface area contributed by atoms with E-state index in [1.807, 2.05) is 36.4 Å². The molecular weight excluding hydrogens is 671 g/mol. The second kappa shape index (κ2) is 12.2. The van der Waals surface area contributed by atoms with Crippen molar-refractivity contribution in [2.45, 2.75) is 24.7 Å². The molecule has 2 amide bonds. The second-order valence-electron chi connectivity index (χ2n) is 15.4. The Hall–Kier alpha value is -6.58. The Balaban J connectivity index is 1.13. The lowest BCUT2D eigenvalue weighted by Crippen LogP contribution is -2.29. The average molecular weight is 708 g/mol. The molecule has 8 aromatic carbocycles. The average Bonchev–Trinajstić information content (AvgIpc) is 3.69. The van der Waals surface area contributed by atoms with Crippen molar-refractivity contribution in [2.24, 2.45) is 5.92 Å². The van der Waals surface area contributed by atoms with E-state index in [0.29, 0.717) is 11.5 Å². The van der Waals surface area contributed by atoms with E-state index < -0.39 is 5.92 Å². The minimum atomic E-state index is -0.610. The highest BCUT2D eigenvalue weighted by Gasteiger charge is 2.53. The van der Waals surface area contributed by atoms with Crippen LogP contribution >= 0.6 is 0 Å². The quantitative estimate of drug-likeness (QED) is 0.122. The number of likely N-dealkylation sites (tertiary alicyclic amines) is 1. The van der Waals surface area contributed by atoms with Crippen molar-refractivity contribution in [2.75, 3.05) is 7.05 Å². The lowest BCUT2D eigenvalue weighted by Gasteiger charge is -2.33. The number of hydrogen-bond donors (Lipinski definition) is 0. The second-order valence-corrected chi connectivity index (χ2v) is 15.4. The fourth-order valence-corrected chi connectivity index (χ4v) is 10.2. The standard InChI is InChI=1S/C52H37NO2/c1-53-51(54)49-44(34-18-10-4-11-19-34)47-40-29-26-36-25-28-39-33(24-27-38(31-14-6-2-7-15-31)32-16-8-3-9-17-32)22-23-37-30-41(46(40)43(36)42(37)39)48(47)45(50(49)52(53)55)35-20-12-5-13-21-35/h2-23,25-26,28-30,38,45,50H,24,27H2,1H3. The Bertz CT molecular complexity index is 2870. The van der Waals surface area contributed by atoms with Gasteiger partial charge < -0.3 is 0 Å². The van der Waals surface area contributed by atoms with E-state index in [-0.39, 0.29) is 17.7 Å². The van der Waals surface area contributed by atoms with Crippen LogP contribution in [-0.2, 0) is 16.0 Å². The minimum absolute atomic E-state index is 0.136. The first-order valence-corrected chi connectivity index (χ1v) is 19.3. The molecule has 0 radical (unpaired) electrons. The Morgan fingerprint density at radius 3 is 1.85 bits per heavy atom. The summed E-state index contributed by atoms with van der Waals surface area (Å²) in [5.41, 5.74) is 12.1. The van der Waals surface area contributed by atoms with E-state index in [4.69, 9.17) is 0 Å². The van der Waals surface area contributed by atoms with Crippen LogP contribution in [0, 0.1) is 5.92 Å². The molecule has 2 unspecified atom stereocenters. The summed E-state index contributed by atoms with van der Waals surface area (Å²) >= 11 is 0. The van der Waals surface area contributed by atoms with E-state index in [1.165, 1.54) is 59.5 Å². The molecule has 3 nitrogen and oxygen atoms in total. The number of benzene rings is 8. The predicted molar refractivity (Wildman–Crippen MR) is 224 cm³/mol. The number of aryl methyl sites for hydroxylation is 1. The number of allylic oxidation sites excluding steroid dienone is 3. The van der Waals surface area contributed by atoms with Crippen LogP contribution in [-0.4, -0.2) is 23.8 Å². The van der Waals surface area contributed by atoms with Gasteiger partial charge in [-0.2, -0.15) is 0 Å². The number of carbonyl (C=O) groups excluding carboxylic acids is 2. The van der Waals surface area contributed by atoms with Gasteiger partial charge in [0, 0.05) is 24.5 Å². The van der Waals surface area contributed by atoms with Crippen LogP contribution in [0.4, 0.5) is 0 Å². The van der Waals surface area contributed by atoms with E-state index in [9.17, 15) is 9.59 Å². The van der Waals surface area contributed by atoms with Crippen LogP contribution in [0.1, 0.15) is 57.2 Å². The highest BCUT2D eigenvalue weighted by Crippen LogP contribution is 2.62. The molecule has 2 atom stereocenters. The third-order valence-electron chi connectivity index (χ3n) is 12.6. The van der Waals surface area contributed by atoms with Gasteiger partial charge in [-0.1, -0.05) is 158 Å². The van der Waals surface area contributed by atoms with E-state index >= 15 is 0 Å². The number of imide groups is 1. The topological polar surface area (TPSA) is 37.4 Å². The number of amides is 2. The maximum atomic E-state index is 14.3. The summed E-state index contributed by atoms with van der Waals surface area (Å²) in [6.45, 7) is 0. The van der Waals surface area contributed by atoms with E-state index in [2.05, 4.69) is 127 Å². The number of rotatable bonds is 7. The number of fused-ring (bicyclic) bond motifs is 3. The molecule has 1 fully saturated rings. The zero-order valence-corrected chi connectivity index (χ0v) is 30.5. The van der Waals surface area contributed by atoms with Crippen LogP contribution in [0.3, 0.4) is 0 Å². The molecule has 8 aromatic rings. The van der Waals surface area contributed by atoms with Gasteiger partial charge in [0.2, 0.25) is 5.91 Å². The Morgan fingerprint density at radius 2 is 1.16 bits per heavy atom. The molecule has 3 aliphatic rings. The zero-order chi connectivity index (χ0) is 36.8. The first kappa shape index (κ1) is 31.9. The summed E-state index contributed by atoms with van der Waals surface area (Å²) in [7, 11) is 1.64. The van der Waals surface area contributed by atoms with Crippen molar-refractivity contribution < 1.29 is 9.59 Å². The van der Waals surface area contributed by atoms with Gasteiger partial charge in [0.25, 0.3) is 5.91 Å².